The number of benzene rings is 1. The molecule has 0 aliphatic carbocycles. The molecule has 0 bridgehead atoms. The summed E-state index contributed by atoms with van der Waals surface area (Å²) >= 11 is 0. The highest BCUT2D eigenvalue weighted by Gasteiger charge is 2.17. The predicted octanol–water partition coefficient (Wildman–Crippen LogP) is 4.94. The molecular weight excluding hydrogens is 348 g/mol. The molecule has 5 nitrogen and oxygen atoms in total. The van der Waals surface area contributed by atoms with E-state index in [1.807, 2.05) is 6.07 Å². The van der Waals surface area contributed by atoms with Gasteiger partial charge in [-0.15, -0.1) is 0 Å². The predicted molar refractivity (Wildman–Crippen MR) is 118 cm³/mol. The summed E-state index contributed by atoms with van der Waals surface area (Å²) in [6, 6.07) is 8.12. The van der Waals surface area contributed by atoms with Crippen LogP contribution in [0.4, 0.5) is 11.4 Å². The van der Waals surface area contributed by atoms with Crippen LogP contribution >= 0.6 is 0 Å². The summed E-state index contributed by atoms with van der Waals surface area (Å²) in [5, 5.41) is 6.50. The summed E-state index contributed by atoms with van der Waals surface area (Å²) in [6.07, 6.45) is 4.41. The maximum Gasteiger partial charge on any atom is 0.257 e. The molecule has 1 amide bonds. The number of amides is 1. The lowest BCUT2D eigenvalue weighted by Gasteiger charge is -2.20. The lowest BCUT2D eigenvalue weighted by molar-refractivity contribution is 0.102. The normalized spacial score (nSPS) is 11.3. The molecule has 2 N–H and O–H groups in total. The van der Waals surface area contributed by atoms with Crippen LogP contribution in [0.15, 0.2) is 36.7 Å². The fraction of sp³-hybridized carbons (Fsp3) is 0.478. The van der Waals surface area contributed by atoms with Crippen LogP contribution in [0, 0.1) is 0 Å². The van der Waals surface area contributed by atoms with Crippen molar-refractivity contribution < 1.29 is 4.79 Å². The SMILES string of the molecule is CC(C)c1cccc(C(C)C)c1NC(=O)c1cncc(NCCCN(C)C)c1. The first-order valence-electron chi connectivity index (χ1n) is 10.1. The third kappa shape index (κ3) is 6.06. The van der Waals surface area contributed by atoms with Crippen LogP contribution in [0.5, 0.6) is 0 Å². The summed E-state index contributed by atoms with van der Waals surface area (Å²) < 4.78 is 0. The number of nitrogens with zero attached hydrogens (tertiary/aromatic N) is 2. The van der Waals surface area contributed by atoms with Gasteiger partial charge in [0.25, 0.3) is 5.91 Å². The minimum atomic E-state index is -0.126. The van der Waals surface area contributed by atoms with Crippen molar-refractivity contribution in [1.82, 2.24) is 9.88 Å². The van der Waals surface area contributed by atoms with Gasteiger partial charge in [-0.3, -0.25) is 9.78 Å². The molecule has 0 saturated heterocycles. The fourth-order valence-electron chi connectivity index (χ4n) is 3.17. The molecule has 0 fully saturated rings. The smallest absolute Gasteiger partial charge is 0.257 e. The molecule has 0 unspecified atom stereocenters. The summed E-state index contributed by atoms with van der Waals surface area (Å²) in [4.78, 5) is 19.3. The van der Waals surface area contributed by atoms with Crippen LogP contribution in [0.1, 0.15) is 67.4 Å². The zero-order chi connectivity index (χ0) is 20.7. The third-order valence-electron chi connectivity index (χ3n) is 4.72. The van der Waals surface area contributed by atoms with E-state index in [9.17, 15) is 4.79 Å². The Kier molecular flexibility index (Phi) is 8.00. The lowest BCUT2D eigenvalue weighted by Crippen LogP contribution is -2.17. The lowest BCUT2D eigenvalue weighted by atomic mass is 9.92. The van der Waals surface area contributed by atoms with Crippen LogP contribution in [0.3, 0.4) is 0 Å². The molecule has 1 aromatic carbocycles. The quantitative estimate of drug-likeness (QED) is 0.603. The van der Waals surface area contributed by atoms with Crippen molar-refractivity contribution in [1.29, 1.82) is 0 Å². The van der Waals surface area contributed by atoms with Crippen molar-refractivity contribution in [2.75, 3.05) is 37.8 Å². The summed E-state index contributed by atoms with van der Waals surface area (Å²) in [6.45, 7) is 10.5. The van der Waals surface area contributed by atoms with Gasteiger partial charge in [-0.05, 0) is 56.1 Å². The zero-order valence-electron chi connectivity index (χ0n) is 18.0. The van der Waals surface area contributed by atoms with Crippen molar-refractivity contribution in [2.24, 2.45) is 0 Å². The molecule has 0 aliphatic rings. The van der Waals surface area contributed by atoms with E-state index in [-0.39, 0.29) is 5.91 Å². The number of hydrogen-bond donors (Lipinski definition) is 2. The standard InChI is InChI=1S/C23H34N4O/c1-16(2)20-9-7-10-21(17(3)4)22(20)26-23(28)18-13-19(15-24-14-18)25-11-8-12-27(5)6/h7,9-10,13-17,25H,8,11-12H2,1-6H3,(H,26,28). The number of carbonyl (C=O) groups is 1. The Morgan fingerprint density at radius 2 is 1.71 bits per heavy atom. The molecule has 1 aromatic heterocycles. The number of hydrogen-bond acceptors (Lipinski definition) is 4. The van der Waals surface area contributed by atoms with Crippen molar-refractivity contribution in [3.8, 4) is 0 Å². The summed E-state index contributed by atoms with van der Waals surface area (Å²) in [7, 11) is 4.12. The Hall–Kier alpha value is -2.40. The first-order chi connectivity index (χ1) is 13.3. The number of carbonyl (C=O) groups excluding carboxylic acids is 1. The summed E-state index contributed by atoms with van der Waals surface area (Å²) in [5.41, 5.74) is 4.68. The minimum Gasteiger partial charge on any atom is -0.384 e. The van der Waals surface area contributed by atoms with Crippen molar-refractivity contribution in [3.63, 3.8) is 0 Å². The van der Waals surface area contributed by atoms with Gasteiger partial charge in [0.2, 0.25) is 0 Å². The average molecular weight is 383 g/mol. The molecule has 5 heteroatoms. The van der Waals surface area contributed by atoms with Crippen LogP contribution < -0.4 is 10.6 Å². The highest BCUT2D eigenvalue weighted by atomic mass is 16.1. The van der Waals surface area contributed by atoms with Crippen LogP contribution in [0.2, 0.25) is 0 Å². The highest BCUT2D eigenvalue weighted by Crippen LogP contribution is 2.32. The molecule has 0 aliphatic heterocycles. The van der Waals surface area contributed by atoms with E-state index in [2.05, 4.69) is 80.5 Å². The average Bonchev–Trinajstić information content (AvgIpc) is 2.65. The maximum atomic E-state index is 12.9. The van der Waals surface area contributed by atoms with Crippen LogP contribution in [-0.2, 0) is 0 Å². The molecule has 1 heterocycles. The summed E-state index contributed by atoms with van der Waals surface area (Å²) in [5.74, 6) is 0.535. The highest BCUT2D eigenvalue weighted by molar-refractivity contribution is 6.05. The van der Waals surface area contributed by atoms with E-state index in [1.54, 1.807) is 12.4 Å². The molecule has 2 rings (SSSR count). The Bertz CT molecular complexity index is 758. The van der Waals surface area contributed by atoms with E-state index < -0.39 is 0 Å². The monoisotopic (exact) mass is 382 g/mol. The van der Waals surface area contributed by atoms with Gasteiger partial charge in [0.05, 0.1) is 11.3 Å². The second-order valence-corrected chi connectivity index (χ2v) is 8.12. The number of nitrogens with one attached hydrogen (secondary N) is 2. The molecule has 0 spiro atoms. The Balaban J connectivity index is 2.16. The Morgan fingerprint density at radius 1 is 1.07 bits per heavy atom. The number of rotatable bonds is 9. The van der Waals surface area contributed by atoms with Gasteiger partial charge in [-0.1, -0.05) is 45.9 Å². The van der Waals surface area contributed by atoms with E-state index in [4.69, 9.17) is 0 Å². The number of aromatic nitrogens is 1. The molecule has 152 valence electrons. The fourth-order valence-corrected chi connectivity index (χ4v) is 3.17. The molecule has 0 atom stereocenters. The van der Waals surface area contributed by atoms with Gasteiger partial charge >= 0.3 is 0 Å². The van der Waals surface area contributed by atoms with Gasteiger partial charge in [0.15, 0.2) is 0 Å². The largest absolute Gasteiger partial charge is 0.384 e. The Morgan fingerprint density at radius 3 is 2.29 bits per heavy atom. The maximum absolute atomic E-state index is 12.9. The molecule has 0 radical (unpaired) electrons. The van der Waals surface area contributed by atoms with Crippen LogP contribution in [-0.4, -0.2) is 43.0 Å². The van der Waals surface area contributed by atoms with E-state index in [0.717, 1.165) is 42.0 Å². The van der Waals surface area contributed by atoms with E-state index in [1.165, 1.54) is 0 Å². The number of anilines is 2. The second kappa shape index (κ2) is 10.2. The molecule has 0 saturated carbocycles. The minimum absolute atomic E-state index is 0.126. The van der Waals surface area contributed by atoms with Gasteiger partial charge in [0.1, 0.15) is 0 Å². The second-order valence-electron chi connectivity index (χ2n) is 8.12. The van der Waals surface area contributed by atoms with Gasteiger partial charge in [-0.2, -0.15) is 0 Å². The van der Waals surface area contributed by atoms with Crippen molar-refractivity contribution >= 4 is 17.3 Å². The first-order valence-corrected chi connectivity index (χ1v) is 10.1. The Labute approximate surface area is 169 Å². The van der Waals surface area contributed by atoms with Crippen molar-refractivity contribution in [3.05, 3.63) is 53.3 Å². The van der Waals surface area contributed by atoms with Gasteiger partial charge in [-0.25, -0.2) is 0 Å². The topological polar surface area (TPSA) is 57.3 Å². The zero-order valence-corrected chi connectivity index (χ0v) is 18.0. The molecule has 2 aromatic rings. The van der Waals surface area contributed by atoms with Crippen molar-refractivity contribution in [2.45, 2.75) is 46.0 Å². The van der Waals surface area contributed by atoms with E-state index in [0.29, 0.717) is 17.4 Å². The number of pyridine rings is 1. The van der Waals surface area contributed by atoms with Gasteiger partial charge in [0, 0.05) is 24.6 Å². The van der Waals surface area contributed by atoms with Crippen LogP contribution in [0.25, 0.3) is 0 Å². The number of para-hydroxylation sites is 1. The third-order valence-corrected chi connectivity index (χ3v) is 4.72. The molecular formula is C23H34N4O. The molecule has 28 heavy (non-hydrogen) atoms. The van der Waals surface area contributed by atoms with Gasteiger partial charge < -0.3 is 15.5 Å². The first kappa shape index (κ1) is 21.9. The van der Waals surface area contributed by atoms with E-state index >= 15 is 0 Å².